The van der Waals surface area contributed by atoms with Gasteiger partial charge in [-0.25, -0.2) is 4.99 Å². The van der Waals surface area contributed by atoms with E-state index in [1.54, 1.807) is 6.92 Å². The van der Waals surface area contributed by atoms with Crippen LogP contribution < -0.4 is 16.0 Å². The van der Waals surface area contributed by atoms with Crippen LogP contribution >= 0.6 is 0 Å². The summed E-state index contributed by atoms with van der Waals surface area (Å²) in [5.74, 6) is 5.47. The van der Waals surface area contributed by atoms with Crippen molar-refractivity contribution in [3.8, 4) is 11.8 Å². The molecular weight excluding hydrogens is 266 g/mol. The van der Waals surface area contributed by atoms with Crippen molar-refractivity contribution in [1.82, 2.24) is 5.32 Å². The van der Waals surface area contributed by atoms with E-state index in [2.05, 4.69) is 37.8 Å². The third kappa shape index (κ3) is 4.16. The van der Waals surface area contributed by atoms with Gasteiger partial charge < -0.3 is 10.6 Å². The van der Waals surface area contributed by atoms with Gasteiger partial charge in [0.25, 0.3) is 5.91 Å². The van der Waals surface area contributed by atoms with E-state index < -0.39 is 0 Å². The van der Waals surface area contributed by atoms with Crippen LogP contribution in [-0.4, -0.2) is 31.3 Å². The van der Waals surface area contributed by atoms with Gasteiger partial charge in [0.1, 0.15) is 18.3 Å². The molecule has 1 aliphatic heterocycles. The highest BCUT2D eigenvalue weighted by Gasteiger charge is 2.13. The maximum absolute atomic E-state index is 11.6. The second-order valence-electron chi connectivity index (χ2n) is 4.35. The number of nitrogens with zero attached hydrogens (tertiary/aromatic N) is 2. The average molecular weight is 283 g/mol. The number of para-hydroxylation sites is 2. The van der Waals surface area contributed by atoms with Crippen molar-refractivity contribution < 1.29 is 4.79 Å². The number of hydrogen-bond donors (Lipinski definition) is 3. The zero-order valence-electron chi connectivity index (χ0n) is 12.0. The highest BCUT2D eigenvalue weighted by molar-refractivity contribution is 6.08. The summed E-state index contributed by atoms with van der Waals surface area (Å²) in [6.45, 7) is 1.62. The Bertz CT molecular complexity index is 639. The Hall–Kier alpha value is -2.65. The number of hydrogen-bond acceptors (Lipinski definition) is 5. The topological polar surface area (TPSA) is 77.9 Å². The lowest BCUT2D eigenvalue weighted by molar-refractivity contribution is -0.111. The summed E-state index contributed by atoms with van der Waals surface area (Å²) in [4.78, 5) is 20.0. The Labute approximate surface area is 123 Å². The summed E-state index contributed by atoms with van der Waals surface area (Å²) in [7, 11) is 1.85. The summed E-state index contributed by atoms with van der Waals surface area (Å²) in [6.07, 6.45) is 2.19. The zero-order valence-corrected chi connectivity index (χ0v) is 12.0. The number of aliphatic imine (C=N–C) groups is 2. The molecule has 0 spiro atoms. The molecule has 1 amide bonds. The van der Waals surface area contributed by atoms with E-state index in [9.17, 15) is 4.79 Å². The highest BCUT2D eigenvalue weighted by Crippen LogP contribution is 2.21. The summed E-state index contributed by atoms with van der Waals surface area (Å²) in [5, 5.41) is 9.04. The Morgan fingerprint density at radius 2 is 2.10 bits per heavy atom. The number of anilines is 2. The van der Waals surface area contributed by atoms with Gasteiger partial charge in [0, 0.05) is 6.42 Å². The largest absolute Gasteiger partial charge is 0.342 e. The number of rotatable bonds is 3. The van der Waals surface area contributed by atoms with Gasteiger partial charge in [0.2, 0.25) is 0 Å². The highest BCUT2D eigenvalue weighted by atomic mass is 16.1. The summed E-state index contributed by atoms with van der Waals surface area (Å²) >= 11 is 0. The van der Waals surface area contributed by atoms with Crippen LogP contribution in [0.2, 0.25) is 0 Å². The molecule has 0 fully saturated rings. The van der Waals surface area contributed by atoms with Gasteiger partial charge in [-0.15, -0.1) is 0 Å². The minimum Gasteiger partial charge on any atom is -0.342 e. The first-order valence-corrected chi connectivity index (χ1v) is 6.58. The summed E-state index contributed by atoms with van der Waals surface area (Å²) in [5.41, 5.74) is 1.43. The Morgan fingerprint density at radius 3 is 2.81 bits per heavy atom. The third-order valence-corrected chi connectivity index (χ3v) is 2.87. The van der Waals surface area contributed by atoms with E-state index in [1.165, 1.54) is 6.34 Å². The van der Waals surface area contributed by atoms with Crippen molar-refractivity contribution >= 4 is 29.5 Å². The quantitative estimate of drug-likeness (QED) is 0.734. The monoisotopic (exact) mass is 283 g/mol. The molecule has 1 atom stereocenters. The van der Waals surface area contributed by atoms with E-state index in [-0.39, 0.29) is 12.1 Å². The first kappa shape index (κ1) is 14.8. The Balaban J connectivity index is 2.13. The lowest BCUT2D eigenvalue weighted by Gasteiger charge is -2.18. The van der Waals surface area contributed by atoms with Crippen LogP contribution in [0.3, 0.4) is 0 Å². The van der Waals surface area contributed by atoms with Crippen molar-refractivity contribution in [2.45, 2.75) is 19.5 Å². The van der Waals surface area contributed by atoms with E-state index in [1.807, 2.05) is 31.3 Å². The molecule has 0 saturated carbocycles. The fraction of sp³-hybridized carbons (Fsp3) is 0.267. The number of amides is 1. The number of nitrogens with one attached hydrogen (secondary N) is 3. The smallest absolute Gasteiger partial charge is 0.300 e. The van der Waals surface area contributed by atoms with Gasteiger partial charge in [-0.3, -0.25) is 15.1 Å². The predicted octanol–water partition coefficient (Wildman–Crippen LogP) is 1.44. The fourth-order valence-electron chi connectivity index (χ4n) is 1.86. The molecule has 1 unspecified atom stereocenters. The Kier molecular flexibility index (Phi) is 5.07. The van der Waals surface area contributed by atoms with Crippen LogP contribution in [0.5, 0.6) is 0 Å². The molecule has 0 aliphatic carbocycles. The van der Waals surface area contributed by atoms with Crippen LogP contribution in [0, 0.1) is 11.8 Å². The SMILES string of the molecule is CC#CC(=O)Nc1ccccc1NC1=NC=NC(NC)C1. The number of amidine groups is 1. The lowest BCUT2D eigenvalue weighted by atomic mass is 10.2. The molecule has 6 heteroatoms. The van der Waals surface area contributed by atoms with Gasteiger partial charge in [-0.1, -0.05) is 18.1 Å². The third-order valence-electron chi connectivity index (χ3n) is 2.87. The van der Waals surface area contributed by atoms with E-state index in [0.717, 1.165) is 11.5 Å². The first-order valence-electron chi connectivity index (χ1n) is 6.58. The number of carbonyl (C=O) groups excluding carboxylic acids is 1. The molecule has 0 saturated heterocycles. The summed E-state index contributed by atoms with van der Waals surface area (Å²) in [6, 6.07) is 7.42. The van der Waals surface area contributed by atoms with E-state index in [0.29, 0.717) is 12.1 Å². The maximum Gasteiger partial charge on any atom is 0.300 e. The molecule has 2 rings (SSSR count). The molecule has 21 heavy (non-hydrogen) atoms. The first-order chi connectivity index (χ1) is 10.2. The number of carbonyl (C=O) groups is 1. The van der Waals surface area contributed by atoms with E-state index in [4.69, 9.17) is 0 Å². The molecule has 1 heterocycles. The maximum atomic E-state index is 11.6. The van der Waals surface area contributed by atoms with Gasteiger partial charge in [-0.05, 0) is 32.0 Å². The van der Waals surface area contributed by atoms with Gasteiger partial charge in [-0.2, -0.15) is 0 Å². The van der Waals surface area contributed by atoms with Crippen LogP contribution in [-0.2, 0) is 4.79 Å². The minimum absolute atomic E-state index is 0.0118. The van der Waals surface area contributed by atoms with Gasteiger partial charge >= 0.3 is 0 Å². The standard InChI is InChI=1S/C15H17N5O/c1-3-6-15(21)20-12-8-5-4-7-11(12)19-14-9-13(16-2)17-10-18-14/h4-5,7-8,10,13,16H,9H2,1-2H3,(H,20,21)(H,17,18,19). The van der Waals surface area contributed by atoms with E-state index >= 15 is 0 Å². The van der Waals surface area contributed by atoms with Crippen LogP contribution in [0.15, 0.2) is 34.3 Å². The minimum atomic E-state index is -0.341. The van der Waals surface area contributed by atoms with Crippen molar-refractivity contribution in [2.24, 2.45) is 9.98 Å². The van der Waals surface area contributed by atoms with Crippen LogP contribution in [0.4, 0.5) is 11.4 Å². The molecule has 108 valence electrons. The second kappa shape index (κ2) is 7.22. The molecule has 0 bridgehead atoms. The van der Waals surface area contributed by atoms with Crippen molar-refractivity contribution in [3.05, 3.63) is 24.3 Å². The van der Waals surface area contributed by atoms with Crippen LogP contribution in [0.1, 0.15) is 13.3 Å². The van der Waals surface area contributed by atoms with Crippen molar-refractivity contribution in [1.29, 1.82) is 0 Å². The van der Waals surface area contributed by atoms with Crippen LogP contribution in [0.25, 0.3) is 0 Å². The van der Waals surface area contributed by atoms with Gasteiger partial charge in [0.15, 0.2) is 0 Å². The molecule has 1 aromatic rings. The number of benzene rings is 1. The van der Waals surface area contributed by atoms with Crippen molar-refractivity contribution in [2.75, 3.05) is 17.7 Å². The molecule has 1 aromatic carbocycles. The zero-order chi connectivity index (χ0) is 15.1. The lowest BCUT2D eigenvalue weighted by Crippen LogP contribution is -2.31. The van der Waals surface area contributed by atoms with Crippen molar-refractivity contribution in [3.63, 3.8) is 0 Å². The molecule has 6 nitrogen and oxygen atoms in total. The Morgan fingerprint density at radius 1 is 1.33 bits per heavy atom. The molecule has 1 aliphatic rings. The molecule has 0 radical (unpaired) electrons. The van der Waals surface area contributed by atoms with Gasteiger partial charge in [0.05, 0.1) is 11.4 Å². The molecular formula is C15H17N5O. The average Bonchev–Trinajstić information content (AvgIpc) is 2.50. The fourth-order valence-corrected chi connectivity index (χ4v) is 1.86. The summed E-state index contributed by atoms with van der Waals surface area (Å²) < 4.78 is 0. The predicted molar refractivity (Wildman–Crippen MR) is 85.5 cm³/mol. The second-order valence-corrected chi connectivity index (χ2v) is 4.35. The normalized spacial score (nSPS) is 16.5. The molecule has 0 aromatic heterocycles. The molecule has 3 N–H and O–H groups in total.